The molecule has 1 aromatic rings. The zero-order valence-corrected chi connectivity index (χ0v) is 10.2. The van der Waals surface area contributed by atoms with Gasteiger partial charge in [0, 0.05) is 5.33 Å². The van der Waals surface area contributed by atoms with Gasteiger partial charge in [0.2, 0.25) is 0 Å². The van der Waals surface area contributed by atoms with Crippen molar-refractivity contribution in [3.05, 3.63) is 22.4 Å². The molecule has 74 valence electrons. The molecule has 0 saturated carbocycles. The van der Waals surface area contributed by atoms with Gasteiger partial charge in [-0.15, -0.1) is 0 Å². The Morgan fingerprint density at radius 2 is 2.23 bits per heavy atom. The first-order chi connectivity index (χ1) is 6.43. The molecule has 0 amide bonds. The van der Waals surface area contributed by atoms with Crippen molar-refractivity contribution >= 4 is 27.3 Å². The van der Waals surface area contributed by atoms with Crippen LogP contribution in [0.25, 0.3) is 0 Å². The third-order valence-corrected chi connectivity index (χ3v) is 3.20. The number of nitrogens with one attached hydrogen (secondary N) is 1. The Morgan fingerprint density at radius 1 is 1.31 bits per heavy atom. The lowest BCUT2D eigenvalue weighted by Crippen LogP contribution is -2.18. The van der Waals surface area contributed by atoms with E-state index in [1.807, 2.05) is 0 Å². The molecule has 0 aliphatic heterocycles. The molecule has 0 spiro atoms. The molecule has 0 fully saturated rings. The van der Waals surface area contributed by atoms with Crippen molar-refractivity contribution in [1.29, 1.82) is 0 Å². The van der Waals surface area contributed by atoms with E-state index in [1.165, 1.54) is 18.4 Å². The summed E-state index contributed by atoms with van der Waals surface area (Å²) in [5.41, 5.74) is 1.46. The second-order valence-corrected chi connectivity index (χ2v) is 4.60. The molecule has 0 aliphatic rings. The summed E-state index contributed by atoms with van der Waals surface area (Å²) in [5, 5.41) is 8.93. The molecule has 1 aromatic heterocycles. The van der Waals surface area contributed by atoms with Crippen LogP contribution in [0.3, 0.4) is 0 Å². The maximum atomic E-state index is 3.44. The zero-order valence-electron chi connectivity index (χ0n) is 7.76. The Morgan fingerprint density at radius 3 is 2.92 bits per heavy atom. The third kappa shape index (κ3) is 5.45. The summed E-state index contributed by atoms with van der Waals surface area (Å²) in [6.07, 6.45) is 3.71. The summed E-state index contributed by atoms with van der Waals surface area (Å²) in [6, 6.07) is 2.20. The maximum Gasteiger partial charge on any atom is 0.00317 e. The highest BCUT2D eigenvalue weighted by molar-refractivity contribution is 9.09. The fraction of sp³-hybridized carbons (Fsp3) is 0.600. The minimum absolute atomic E-state index is 1.11. The van der Waals surface area contributed by atoms with E-state index < -0.39 is 0 Å². The van der Waals surface area contributed by atoms with Crippen molar-refractivity contribution in [3.8, 4) is 0 Å². The summed E-state index contributed by atoms with van der Waals surface area (Å²) >= 11 is 5.20. The quantitative estimate of drug-likeness (QED) is 0.588. The molecular weight excluding hydrogens is 246 g/mol. The van der Waals surface area contributed by atoms with Crippen LogP contribution < -0.4 is 5.32 Å². The van der Waals surface area contributed by atoms with Crippen molar-refractivity contribution in [3.63, 3.8) is 0 Å². The van der Waals surface area contributed by atoms with Gasteiger partial charge in [-0.2, -0.15) is 11.3 Å². The summed E-state index contributed by atoms with van der Waals surface area (Å²) in [5.74, 6) is 0. The van der Waals surface area contributed by atoms with E-state index >= 15 is 0 Å². The first-order valence-corrected chi connectivity index (χ1v) is 6.77. The van der Waals surface area contributed by atoms with Crippen molar-refractivity contribution in [1.82, 2.24) is 5.32 Å². The second-order valence-electron chi connectivity index (χ2n) is 3.03. The highest BCUT2D eigenvalue weighted by Crippen LogP contribution is 2.05. The Balaban J connectivity index is 1.90. The molecule has 3 heteroatoms. The molecule has 0 aliphatic carbocycles. The minimum atomic E-state index is 1.11. The molecule has 1 heterocycles. The van der Waals surface area contributed by atoms with E-state index in [0.717, 1.165) is 24.8 Å². The van der Waals surface area contributed by atoms with E-state index in [2.05, 4.69) is 38.1 Å². The maximum absolute atomic E-state index is 3.44. The van der Waals surface area contributed by atoms with Crippen molar-refractivity contribution < 1.29 is 0 Å². The predicted molar refractivity (Wildman–Crippen MR) is 63.9 cm³/mol. The van der Waals surface area contributed by atoms with Crippen LogP contribution in [0.4, 0.5) is 0 Å². The van der Waals surface area contributed by atoms with Gasteiger partial charge in [0.25, 0.3) is 0 Å². The molecular formula is C10H16BrNS. The smallest absolute Gasteiger partial charge is 0.00317 e. The normalized spacial score (nSPS) is 10.5. The van der Waals surface area contributed by atoms with Gasteiger partial charge >= 0.3 is 0 Å². The predicted octanol–water partition coefficient (Wildman–Crippen LogP) is 3.06. The van der Waals surface area contributed by atoms with Crippen LogP contribution in [0.5, 0.6) is 0 Å². The van der Waals surface area contributed by atoms with Gasteiger partial charge in [-0.05, 0) is 54.7 Å². The van der Waals surface area contributed by atoms with E-state index in [0.29, 0.717) is 0 Å². The van der Waals surface area contributed by atoms with Crippen LogP contribution in [-0.2, 0) is 6.42 Å². The Hall–Kier alpha value is 0.140. The van der Waals surface area contributed by atoms with Gasteiger partial charge in [-0.25, -0.2) is 0 Å². The number of halogens is 1. The lowest BCUT2D eigenvalue weighted by atomic mass is 10.2. The molecule has 0 saturated heterocycles. The highest BCUT2D eigenvalue weighted by Gasteiger charge is 1.92. The van der Waals surface area contributed by atoms with Crippen molar-refractivity contribution in [2.45, 2.75) is 19.3 Å². The van der Waals surface area contributed by atoms with Gasteiger partial charge in [0.1, 0.15) is 0 Å². The van der Waals surface area contributed by atoms with Crippen molar-refractivity contribution in [2.75, 3.05) is 18.4 Å². The molecule has 13 heavy (non-hydrogen) atoms. The van der Waals surface area contributed by atoms with Gasteiger partial charge < -0.3 is 5.32 Å². The number of thiophene rings is 1. The molecule has 0 radical (unpaired) electrons. The zero-order chi connectivity index (χ0) is 9.36. The van der Waals surface area contributed by atoms with Gasteiger partial charge in [-0.3, -0.25) is 0 Å². The number of rotatable bonds is 7. The summed E-state index contributed by atoms with van der Waals surface area (Å²) in [4.78, 5) is 0. The van der Waals surface area contributed by atoms with Crippen LogP contribution in [0, 0.1) is 0 Å². The monoisotopic (exact) mass is 261 g/mol. The Bertz CT molecular complexity index is 199. The van der Waals surface area contributed by atoms with Gasteiger partial charge in [-0.1, -0.05) is 15.9 Å². The average molecular weight is 262 g/mol. The second kappa shape index (κ2) is 7.54. The van der Waals surface area contributed by atoms with E-state index in [1.54, 1.807) is 11.3 Å². The minimum Gasteiger partial charge on any atom is -0.316 e. The number of unbranched alkanes of at least 4 members (excludes halogenated alkanes) is 1. The largest absolute Gasteiger partial charge is 0.316 e. The van der Waals surface area contributed by atoms with E-state index in [9.17, 15) is 0 Å². The average Bonchev–Trinajstić information content (AvgIpc) is 2.63. The van der Waals surface area contributed by atoms with Gasteiger partial charge in [0.15, 0.2) is 0 Å². The fourth-order valence-corrected chi connectivity index (χ4v) is 2.24. The number of hydrogen-bond acceptors (Lipinski definition) is 2. The Kier molecular flexibility index (Phi) is 6.50. The van der Waals surface area contributed by atoms with Crippen LogP contribution in [0.2, 0.25) is 0 Å². The van der Waals surface area contributed by atoms with Crippen molar-refractivity contribution in [2.24, 2.45) is 0 Å². The SMILES string of the molecule is BrCCCCNCCc1ccsc1. The van der Waals surface area contributed by atoms with Gasteiger partial charge in [0.05, 0.1) is 0 Å². The van der Waals surface area contributed by atoms with E-state index in [4.69, 9.17) is 0 Å². The standard InChI is InChI=1S/C10H16BrNS/c11-5-1-2-6-12-7-3-10-4-8-13-9-10/h4,8-9,12H,1-3,5-7H2. The molecule has 0 aromatic carbocycles. The summed E-state index contributed by atoms with van der Waals surface area (Å²) < 4.78 is 0. The lowest BCUT2D eigenvalue weighted by molar-refractivity contribution is 0.643. The highest BCUT2D eigenvalue weighted by atomic mass is 79.9. The van der Waals surface area contributed by atoms with Crippen LogP contribution in [0.15, 0.2) is 16.8 Å². The summed E-state index contributed by atoms with van der Waals surface area (Å²) in [6.45, 7) is 2.26. The number of hydrogen-bond donors (Lipinski definition) is 1. The van der Waals surface area contributed by atoms with Crippen LogP contribution in [0.1, 0.15) is 18.4 Å². The van der Waals surface area contributed by atoms with E-state index in [-0.39, 0.29) is 0 Å². The topological polar surface area (TPSA) is 12.0 Å². The first-order valence-electron chi connectivity index (χ1n) is 4.71. The third-order valence-electron chi connectivity index (χ3n) is 1.91. The fourth-order valence-electron chi connectivity index (χ4n) is 1.14. The lowest BCUT2D eigenvalue weighted by Gasteiger charge is -2.02. The van der Waals surface area contributed by atoms with Crippen LogP contribution >= 0.6 is 27.3 Å². The molecule has 0 bridgehead atoms. The molecule has 0 unspecified atom stereocenters. The number of alkyl halides is 1. The van der Waals surface area contributed by atoms with Crippen LogP contribution in [-0.4, -0.2) is 18.4 Å². The molecule has 1 N–H and O–H groups in total. The molecule has 1 nitrogen and oxygen atoms in total. The molecule has 1 rings (SSSR count). The molecule has 0 atom stereocenters. The summed E-state index contributed by atoms with van der Waals surface area (Å²) in [7, 11) is 0. The first kappa shape index (κ1) is 11.2. The Labute approximate surface area is 92.7 Å².